The van der Waals surface area contributed by atoms with Gasteiger partial charge in [0.05, 0.1) is 7.11 Å². The summed E-state index contributed by atoms with van der Waals surface area (Å²) >= 11 is 6.04. The van der Waals surface area contributed by atoms with Crippen LogP contribution in [0.2, 0.25) is 5.02 Å². The number of amides is 2. The van der Waals surface area contributed by atoms with Gasteiger partial charge in [-0.05, 0) is 48.4 Å². The summed E-state index contributed by atoms with van der Waals surface area (Å²) in [6.07, 6.45) is 3.04. The van der Waals surface area contributed by atoms with Crippen LogP contribution in [0, 0.1) is 6.92 Å². The number of benzene rings is 2. The number of carbonyl (C=O) groups excluding carboxylic acids is 2. The molecule has 0 fully saturated rings. The van der Waals surface area contributed by atoms with E-state index < -0.39 is 5.91 Å². The number of rotatable bonds is 7. The lowest BCUT2D eigenvalue weighted by Gasteiger charge is -2.10. The van der Waals surface area contributed by atoms with Crippen LogP contribution in [-0.2, 0) is 9.59 Å². The maximum absolute atomic E-state index is 12.1. The van der Waals surface area contributed by atoms with Crippen LogP contribution < -0.4 is 20.5 Å². The fourth-order valence-electron chi connectivity index (χ4n) is 2.15. The number of primary amides is 1. The van der Waals surface area contributed by atoms with Gasteiger partial charge in [0.2, 0.25) is 5.91 Å². The van der Waals surface area contributed by atoms with Crippen LogP contribution in [0.5, 0.6) is 11.5 Å². The molecule has 0 radical (unpaired) electrons. The zero-order valence-corrected chi connectivity index (χ0v) is 15.2. The highest BCUT2D eigenvalue weighted by atomic mass is 35.5. The Bertz CT molecular complexity index is 849. The van der Waals surface area contributed by atoms with Gasteiger partial charge in [-0.25, -0.2) is 0 Å². The molecule has 136 valence electrons. The van der Waals surface area contributed by atoms with E-state index in [2.05, 4.69) is 5.32 Å². The van der Waals surface area contributed by atoms with Gasteiger partial charge in [0, 0.05) is 16.8 Å². The van der Waals surface area contributed by atoms with Crippen LogP contribution in [0.15, 0.2) is 42.5 Å². The molecule has 6 nitrogen and oxygen atoms in total. The average Bonchev–Trinajstić information content (AvgIpc) is 2.62. The topological polar surface area (TPSA) is 90.7 Å². The normalized spacial score (nSPS) is 10.6. The molecule has 2 amide bonds. The number of ether oxygens (including phenoxy) is 2. The molecule has 2 aromatic rings. The highest BCUT2D eigenvalue weighted by molar-refractivity contribution is 6.31. The van der Waals surface area contributed by atoms with E-state index >= 15 is 0 Å². The molecule has 2 rings (SSSR count). The Balaban J connectivity index is 2.08. The van der Waals surface area contributed by atoms with Crippen LogP contribution in [0.4, 0.5) is 5.69 Å². The van der Waals surface area contributed by atoms with Gasteiger partial charge in [-0.1, -0.05) is 23.7 Å². The van der Waals surface area contributed by atoms with E-state index in [0.29, 0.717) is 22.2 Å². The summed E-state index contributed by atoms with van der Waals surface area (Å²) in [5.41, 5.74) is 7.24. The maximum Gasteiger partial charge on any atom is 0.255 e. The number of anilines is 1. The molecule has 0 heterocycles. The summed E-state index contributed by atoms with van der Waals surface area (Å²) in [5, 5.41) is 3.36. The quantitative estimate of drug-likeness (QED) is 0.728. The molecule has 0 aliphatic rings. The molecule has 0 bridgehead atoms. The van der Waals surface area contributed by atoms with E-state index in [9.17, 15) is 9.59 Å². The summed E-state index contributed by atoms with van der Waals surface area (Å²) in [6.45, 7) is 1.59. The Morgan fingerprint density at radius 1 is 1.23 bits per heavy atom. The molecule has 0 saturated carbocycles. The minimum atomic E-state index is -0.580. The van der Waals surface area contributed by atoms with Crippen LogP contribution >= 0.6 is 11.6 Å². The van der Waals surface area contributed by atoms with E-state index in [1.54, 1.807) is 42.5 Å². The smallest absolute Gasteiger partial charge is 0.255 e. The summed E-state index contributed by atoms with van der Waals surface area (Å²) < 4.78 is 10.5. The number of carbonyl (C=O) groups is 2. The van der Waals surface area contributed by atoms with Crippen LogP contribution in [-0.4, -0.2) is 25.5 Å². The Labute approximate surface area is 156 Å². The highest BCUT2D eigenvalue weighted by Crippen LogP contribution is 2.28. The van der Waals surface area contributed by atoms with E-state index in [1.165, 1.54) is 13.2 Å². The SMILES string of the molecule is COc1cc(/C=C/C(=O)Nc2cccc(Cl)c2C)ccc1OCC(N)=O. The standard InChI is InChI=1S/C19H19ClN2O4/c1-12-14(20)4-3-5-15(12)22-19(24)9-7-13-6-8-16(17(10-13)25-2)26-11-18(21)23/h3-10H,11H2,1-2H3,(H2,21,23)(H,22,24)/b9-7+. The number of hydrogen-bond donors (Lipinski definition) is 2. The van der Waals surface area contributed by atoms with Crippen molar-refractivity contribution in [2.75, 3.05) is 19.0 Å². The van der Waals surface area contributed by atoms with Gasteiger partial charge in [0.1, 0.15) is 0 Å². The zero-order chi connectivity index (χ0) is 19.1. The fraction of sp³-hybridized carbons (Fsp3) is 0.158. The van der Waals surface area contributed by atoms with Crippen LogP contribution in [0.1, 0.15) is 11.1 Å². The fourth-order valence-corrected chi connectivity index (χ4v) is 2.32. The van der Waals surface area contributed by atoms with Gasteiger partial charge in [-0.15, -0.1) is 0 Å². The summed E-state index contributed by atoms with van der Waals surface area (Å²) in [4.78, 5) is 22.9. The van der Waals surface area contributed by atoms with Gasteiger partial charge in [-0.3, -0.25) is 9.59 Å². The minimum Gasteiger partial charge on any atom is -0.493 e. The zero-order valence-electron chi connectivity index (χ0n) is 14.4. The first-order chi connectivity index (χ1) is 12.4. The van der Waals surface area contributed by atoms with Crippen molar-refractivity contribution in [3.8, 4) is 11.5 Å². The van der Waals surface area contributed by atoms with Crippen molar-refractivity contribution >= 4 is 35.2 Å². The largest absolute Gasteiger partial charge is 0.493 e. The third-order valence-corrected chi connectivity index (χ3v) is 3.92. The van der Waals surface area contributed by atoms with Gasteiger partial charge < -0.3 is 20.5 Å². The van der Waals surface area contributed by atoms with Crippen molar-refractivity contribution in [1.29, 1.82) is 0 Å². The summed E-state index contributed by atoms with van der Waals surface area (Å²) in [7, 11) is 1.48. The third kappa shape index (κ3) is 5.26. The predicted molar refractivity (Wildman–Crippen MR) is 102 cm³/mol. The molecule has 2 aromatic carbocycles. The molecule has 3 N–H and O–H groups in total. The molecule has 0 aliphatic carbocycles. The van der Waals surface area contributed by atoms with Crippen LogP contribution in [0.25, 0.3) is 6.08 Å². The van der Waals surface area contributed by atoms with E-state index in [0.717, 1.165) is 11.1 Å². The second-order valence-corrected chi connectivity index (χ2v) is 5.81. The first-order valence-electron chi connectivity index (χ1n) is 7.74. The van der Waals surface area contributed by atoms with Crippen molar-refractivity contribution in [3.05, 3.63) is 58.6 Å². The molecule has 0 unspecified atom stereocenters. The lowest BCUT2D eigenvalue weighted by molar-refractivity contribution is -0.120. The van der Waals surface area contributed by atoms with Crippen molar-refractivity contribution in [1.82, 2.24) is 0 Å². The van der Waals surface area contributed by atoms with Gasteiger partial charge in [0.15, 0.2) is 18.1 Å². The summed E-state index contributed by atoms with van der Waals surface area (Å²) in [6, 6.07) is 10.4. The molecule has 0 atom stereocenters. The molecule has 0 spiro atoms. The Kier molecular flexibility index (Phi) is 6.63. The molecular formula is C19H19ClN2O4. The monoisotopic (exact) mass is 374 g/mol. The number of methoxy groups -OCH3 is 1. The second kappa shape index (κ2) is 8.92. The lowest BCUT2D eigenvalue weighted by Crippen LogP contribution is -2.20. The van der Waals surface area contributed by atoms with Gasteiger partial charge in [-0.2, -0.15) is 0 Å². The number of nitrogens with two attached hydrogens (primary N) is 1. The Morgan fingerprint density at radius 3 is 2.69 bits per heavy atom. The maximum atomic E-state index is 12.1. The lowest BCUT2D eigenvalue weighted by atomic mass is 10.1. The van der Waals surface area contributed by atoms with E-state index in [-0.39, 0.29) is 12.5 Å². The van der Waals surface area contributed by atoms with Crippen molar-refractivity contribution in [3.63, 3.8) is 0 Å². The summed E-state index contributed by atoms with van der Waals surface area (Å²) in [5.74, 6) is -0.0469. The minimum absolute atomic E-state index is 0.243. The molecule has 26 heavy (non-hydrogen) atoms. The predicted octanol–water partition coefficient (Wildman–Crippen LogP) is 3.17. The molecule has 0 saturated heterocycles. The van der Waals surface area contributed by atoms with E-state index in [4.69, 9.17) is 26.8 Å². The second-order valence-electron chi connectivity index (χ2n) is 5.40. The molecule has 7 heteroatoms. The van der Waals surface area contributed by atoms with Crippen molar-refractivity contribution < 1.29 is 19.1 Å². The Morgan fingerprint density at radius 2 is 2.00 bits per heavy atom. The van der Waals surface area contributed by atoms with Crippen LogP contribution in [0.3, 0.4) is 0 Å². The Hall–Kier alpha value is -2.99. The first kappa shape index (κ1) is 19.3. The third-order valence-electron chi connectivity index (χ3n) is 3.51. The number of halogens is 1. The molecule has 0 aromatic heterocycles. The van der Waals surface area contributed by atoms with Gasteiger partial charge >= 0.3 is 0 Å². The first-order valence-corrected chi connectivity index (χ1v) is 8.12. The van der Waals surface area contributed by atoms with E-state index in [1.807, 2.05) is 6.92 Å². The van der Waals surface area contributed by atoms with Gasteiger partial charge in [0.25, 0.3) is 5.91 Å². The number of nitrogens with one attached hydrogen (secondary N) is 1. The molecular weight excluding hydrogens is 356 g/mol. The molecule has 0 aliphatic heterocycles. The highest BCUT2D eigenvalue weighted by Gasteiger charge is 2.07. The number of hydrogen-bond acceptors (Lipinski definition) is 4. The van der Waals surface area contributed by atoms with Crippen molar-refractivity contribution in [2.24, 2.45) is 5.73 Å². The van der Waals surface area contributed by atoms with Crippen molar-refractivity contribution in [2.45, 2.75) is 6.92 Å². The average molecular weight is 375 g/mol.